The first-order chi connectivity index (χ1) is 11.0. The fourth-order valence-corrected chi connectivity index (χ4v) is 2.90. The van der Waals surface area contributed by atoms with Crippen LogP contribution in [0.4, 0.5) is 0 Å². The maximum Gasteiger partial charge on any atom is 0.224 e. The second-order valence-corrected chi connectivity index (χ2v) is 6.22. The largest absolute Gasteiger partial charge is 0.356 e. The minimum Gasteiger partial charge on any atom is -0.356 e. The number of carbonyl (C=O) groups is 3. The monoisotopic (exact) mass is 336 g/mol. The van der Waals surface area contributed by atoms with E-state index in [2.05, 4.69) is 5.32 Å². The van der Waals surface area contributed by atoms with E-state index in [4.69, 9.17) is 11.6 Å². The number of carbonyl (C=O) groups excluding carboxylic acids is 3. The zero-order valence-corrected chi connectivity index (χ0v) is 13.9. The van der Waals surface area contributed by atoms with Gasteiger partial charge in [-0.2, -0.15) is 0 Å². The van der Waals surface area contributed by atoms with Crippen molar-refractivity contribution in [2.45, 2.75) is 26.2 Å². The summed E-state index contributed by atoms with van der Waals surface area (Å²) in [6.07, 6.45) is 1.87. The summed E-state index contributed by atoms with van der Waals surface area (Å²) in [5.74, 6) is -0.282. The molecule has 1 aliphatic rings. The van der Waals surface area contributed by atoms with Gasteiger partial charge in [0.25, 0.3) is 0 Å². The first-order valence-electron chi connectivity index (χ1n) is 7.79. The normalized spacial score (nSPS) is 17.7. The van der Waals surface area contributed by atoms with Crippen molar-refractivity contribution in [3.05, 3.63) is 34.9 Å². The molecule has 124 valence electrons. The van der Waals surface area contributed by atoms with Gasteiger partial charge < -0.3 is 10.2 Å². The smallest absolute Gasteiger partial charge is 0.224 e. The van der Waals surface area contributed by atoms with Crippen molar-refractivity contribution < 1.29 is 14.4 Å². The fraction of sp³-hybridized carbons (Fsp3) is 0.471. The third-order valence-electron chi connectivity index (χ3n) is 3.99. The van der Waals surface area contributed by atoms with Crippen molar-refractivity contribution >= 4 is 29.2 Å². The minimum absolute atomic E-state index is 0.0210. The van der Waals surface area contributed by atoms with Crippen LogP contribution >= 0.6 is 11.6 Å². The summed E-state index contributed by atoms with van der Waals surface area (Å²) in [5, 5.41) is 3.21. The Kier molecular flexibility index (Phi) is 6.16. The van der Waals surface area contributed by atoms with Gasteiger partial charge in [-0.1, -0.05) is 11.6 Å². The van der Waals surface area contributed by atoms with E-state index in [1.54, 1.807) is 29.2 Å². The standard InChI is InChI=1S/C17H21ClN2O3/c1-12(21)19-9-8-16(22)20-10-2-3-14(11-20)17(23)13-4-6-15(18)7-5-13/h4-7,14H,2-3,8-11H2,1H3,(H,19,21). The molecule has 1 N–H and O–H groups in total. The van der Waals surface area contributed by atoms with Crippen LogP contribution in [0.3, 0.4) is 0 Å². The van der Waals surface area contributed by atoms with Gasteiger partial charge in [0.05, 0.1) is 0 Å². The second-order valence-electron chi connectivity index (χ2n) is 5.78. The van der Waals surface area contributed by atoms with Gasteiger partial charge in [0.15, 0.2) is 5.78 Å². The Bertz CT molecular complexity index is 586. The van der Waals surface area contributed by atoms with Crippen LogP contribution < -0.4 is 5.32 Å². The lowest BCUT2D eigenvalue weighted by Crippen LogP contribution is -2.43. The van der Waals surface area contributed by atoms with E-state index in [1.807, 2.05) is 0 Å². The minimum atomic E-state index is -0.172. The van der Waals surface area contributed by atoms with Crippen LogP contribution in [0.2, 0.25) is 5.02 Å². The zero-order chi connectivity index (χ0) is 16.8. The molecule has 1 heterocycles. The quantitative estimate of drug-likeness (QED) is 0.839. The maximum absolute atomic E-state index is 12.5. The number of Topliss-reactive ketones (excluding diaryl/α,β-unsaturated/α-hetero) is 1. The molecule has 0 spiro atoms. The van der Waals surface area contributed by atoms with Gasteiger partial charge in [-0.15, -0.1) is 0 Å². The number of hydrogen-bond acceptors (Lipinski definition) is 3. The van der Waals surface area contributed by atoms with Gasteiger partial charge in [0.1, 0.15) is 0 Å². The van der Waals surface area contributed by atoms with Crippen molar-refractivity contribution in [1.29, 1.82) is 0 Å². The predicted molar refractivity (Wildman–Crippen MR) is 88.4 cm³/mol. The molecule has 1 atom stereocenters. The topological polar surface area (TPSA) is 66.5 Å². The predicted octanol–water partition coefficient (Wildman–Crippen LogP) is 2.29. The number of benzene rings is 1. The molecule has 0 bridgehead atoms. The Morgan fingerprint density at radius 1 is 1.26 bits per heavy atom. The van der Waals surface area contributed by atoms with Gasteiger partial charge >= 0.3 is 0 Å². The van der Waals surface area contributed by atoms with Gasteiger partial charge in [-0.3, -0.25) is 14.4 Å². The van der Waals surface area contributed by atoms with Crippen molar-refractivity contribution in [3.63, 3.8) is 0 Å². The molecule has 0 saturated carbocycles. The van der Waals surface area contributed by atoms with Crippen LogP contribution in [-0.4, -0.2) is 42.1 Å². The highest BCUT2D eigenvalue weighted by Gasteiger charge is 2.28. The summed E-state index contributed by atoms with van der Waals surface area (Å²) in [5.41, 5.74) is 0.631. The molecular weight excluding hydrogens is 316 g/mol. The third-order valence-corrected chi connectivity index (χ3v) is 4.24. The summed E-state index contributed by atoms with van der Waals surface area (Å²) < 4.78 is 0. The highest BCUT2D eigenvalue weighted by molar-refractivity contribution is 6.30. The number of halogens is 1. The molecule has 2 rings (SSSR count). The first-order valence-corrected chi connectivity index (χ1v) is 8.17. The molecule has 1 aromatic rings. The SMILES string of the molecule is CC(=O)NCCC(=O)N1CCCC(C(=O)c2ccc(Cl)cc2)C1. The summed E-state index contributed by atoms with van der Waals surface area (Å²) in [4.78, 5) is 37.3. The molecule has 1 aromatic carbocycles. The number of hydrogen-bond donors (Lipinski definition) is 1. The number of ketones is 1. The average Bonchev–Trinajstić information content (AvgIpc) is 2.54. The average molecular weight is 337 g/mol. The van der Waals surface area contributed by atoms with Gasteiger partial charge in [0, 0.05) is 49.5 Å². The van der Waals surface area contributed by atoms with Crippen LogP contribution in [0.15, 0.2) is 24.3 Å². The van der Waals surface area contributed by atoms with Gasteiger partial charge in [-0.05, 0) is 37.1 Å². The molecule has 1 saturated heterocycles. The third kappa shape index (κ3) is 5.06. The van der Waals surface area contributed by atoms with E-state index in [0.717, 1.165) is 12.8 Å². The maximum atomic E-state index is 12.5. The van der Waals surface area contributed by atoms with E-state index in [9.17, 15) is 14.4 Å². The number of rotatable bonds is 5. The summed E-state index contributed by atoms with van der Waals surface area (Å²) >= 11 is 5.84. The Balaban J connectivity index is 1.92. The molecule has 0 radical (unpaired) electrons. The van der Waals surface area contributed by atoms with Crippen LogP contribution in [-0.2, 0) is 9.59 Å². The van der Waals surface area contributed by atoms with Gasteiger partial charge in [0.2, 0.25) is 11.8 Å². The molecule has 1 unspecified atom stereocenters. The molecular formula is C17H21ClN2O3. The first kappa shape index (κ1) is 17.5. The summed E-state index contributed by atoms with van der Waals surface area (Å²) in [7, 11) is 0. The Hall–Kier alpha value is -1.88. The molecule has 2 amide bonds. The summed E-state index contributed by atoms with van der Waals surface area (Å²) in [6.45, 7) is 2.87. The number of piperidine rings is 1. The number of amides is 2. The van der Waals surface area contributed by atoms with Crippen molar-refractivity contribution in [2.24, 2.45) is 5.92 Å². The molecule has 23 heavy (non-hydrogen) atoms. The second kappa shape index (κ2) is 8.11. The van der Waals surface area contributed by atoms with Crippen LogP contribution in [0, 0.1) is 5.92 Å². The molecule has 0 aromatic heterocycles. The lowest BCUT2D eigenvalue weighted by molar-refractivity contribution is -0.132. The molecule has 0 aliphatic carbocycles. The van der Waals surface area contributed by atoms with Crippen molar-refractivity contribution in [1.82, 2.24) is 10.2 Å². The van der Waals surface area contributed by atoms with E-state index in [1.165, 1.54) is 6.92 Å². The number of likely N-dealkylation sites (tertiary alicyclic amines) is 1. The van der Waals surface area contributed by atoms with Crippen LogP contribution in [0.5, 0.6) is 0 Å². The van der Waals surface area contributed by atoms with Crippen LogP contribution in [0.25, 0.3) is 0 Å². The lowest BCUT2D eigenvalue weighted by atomic mass is 9.90. The fourth-order valence-electron chi connectivity index (χ4n) is 2.77. The summed E-state index contributed by atoms with van der Waals surface area (Å²) in [6, 6.07) is 6.85. The van der Waals surface area contributed by atoms with E-state index in [0.29, 0.717) is 30.2 Å². The number of nitrogens with one attached hydrogen (secondary N) is 1. The van der Waals surface area contributed by atoms with Crippen molar-refractivity contribution in [2.75, 3.05) is 19.6 Å². The highest BCUT2D eigenvalue weighted by atomic mass is 35.5. The van der Waals surface area contributed by atoms with Crippen LogP contribution in [0.1, 0.15) is 36.5 Å². The van der Waals surface area contributed by atoms with E-state index < -0.39 is 0 Å². The molecule has 1 fully saturated rings. The Morgan fingerprint density at radius 3 is 2.61 bits per heavy atom. The zero-order valence-electron chi connectivity index (χ0n) is 13.2. The lowest BCUT2D eigenvalue weighted by Gasteiger charge is -2.32. The van der Waals surface area contributed by atoms with Crippen molar-refractivity contribution in [3.8, 4) is 0 Å². The highest BCUT2D eigenvalue weighted by Crippen LogP contribution is 2.22. The number of nitrogens with zero attached hydrogens (tertiary/aromatic N) is 1. The van der Waals surface area contributed by atoms with E-state index in [-0.39, 0.29) is 29.9 Å². The molecule has 1 aliphatic heterocycles. The molecule has 6 heteroatoms. The van der Waals surface area contributed by atoms with Gasteiger partial charge in [-0.25, -0.2) is 0 Å². The Morgan fingerprint density at radius 2 is 1.96 bits per heavy atom. The molecule has 5 nitrogen and oxygen atoms in total. The Labute approximate surface area is 141 Å². The van der Waals surface area contributed by atoms with E-state index >= 15 is 0 Å².